The summed E-state index contributed by atoms with van der Waals surface area (Å²) < 4.78 is 21.6. The monoisotopic (exact) mass is 411 g/mol. The molecule has 30 heavy (non-hydrogen) atoms. The highest BCUT2D eigenvalue weighted by Crippen LogP contribution is 2.22. The van der Waals surface area contributed by atoms with Gasteiger partial charge in [0.15, 0.2) is 0 Å². The molecule has 0 unspecified atom stereocenters. The van der Waals surface area contributed by atoms with Crippen LogP contribution < -0.4 is 5.32 Å². The normalized spacial score (nSPS) is 19.7. The number of benzene rings is 1. The number of hydrogen-bond donors (Lipinski definition) is 1. The fourth-order valence-electron chi connectivity index (χ4n) is 3.61. The third-order valence-corrected chi connectivity index (χ3v) is 4.84. The number of fused-ring (bicyclic) bond motifs is 1. The molecule has 8 heteroatoms. The highest BCUT2D eigenvalue weighted by atomic mass is 19.1. The lowest BCUT2D eigenvalue weighted by atomic mass is 10.0. The van der Waals surface area contributed by atoms with Gasteiger partial charge in [-0.1, -0.05) is 18.2 Å². The Bertz CT molecular complexity index is 1050. The molecule has 1 aliphatic heterocycles. The maximum Gasteiger partial charge on any atom is 0.410 e. The second-order valence-corrected chi connectivity index (χ2v) is 8.54. The van der Waals surface area contributed by atoms with Gasteiger partial charge >= 0.3 is 6.09 Å². The van der Waals surface area contributed by atoms with Crippen molar-refractivity contribution in [3.8, 4) is 5.82 Å². The molecule has 0 aliphatic carbocycles. The first kappa shape index (κ1) is 20.1. The lowest BCUT2D eigenvalue weighted by molar-refractivity contribution is 0.0124. The molecule has 1 saturated heterocycles. The van der Waals surface area contributed by atoms with Crippen molar-refractivity contribution in [2.75, 3.05) is 18.4 Å². The summed E-state index contributed by atoms with van der Waals surface area (Å²) in [5.74, 6) is 1.33. The van der Waals surface area contributed by atoms with Crippen molar-refractivity contribution < 1.29 is 13.9 Å². The molecule has 1 amide bonds. The zero-order valence-electron chi connectivity index (χ0n) is 17.4. The van der Waals surface area contributed by atoms with Crippen LogP contribution in [0.1, 0.15) is 27.2 Å². The predicted octanol–water partition coefficient (Wildman–Crippen LogP) is 4.18. The molecule has 2 aromatic heterocycles. The fourth-order valence-corrected chi connectivity index (χ4v) is 3.61. The predicted molar refractivity (Wildman–Crippen MR) is 114 cm³/mol. The molecule has 0 spiro atoms. The number of pyridine rings is 1. The number of aromatic nitrogens is 3. The number of hydrogen-bond acceptors (Lipinski definition) is 5. The van der Waals surface area contributed by atoms with Crippen molar-refractivity contribution in [1.82, 2.24) is 19.4 Å². The van der Waals surface area contributed by atoms with Gasteiger partial charge in [-0.15, -0.1) is 0 Å². The minimum atomic E-state index is -1.12. The van der Waals surface area contributed by atoms with Crippen LogP contribution in [0.4, 0.5) is 15.0 Å². The van der Waals surface area contributed by atoms with E-state index in [1.165, 1.54) is 4.90 Å². The van der Waals surface area contributed by atoms with Crippen LogP contribution in [-0.2, 0) is 4.74 Å². The van der Waals surface area contributed by atoms with Crippen LogP contribution in [0.25, 0.3) is 16.9 Å². The summed E-state index contributed by atoms with van der Waals surface area (Å²) >= 11 is 0. The number of ether oxygens (including phenoxy) is 1. The van der Waals surface area contributed by atoms with E-state index in [1.807, 2.05) is 47.0 Å². The van der Waals surface area contributed by atoms with Gasteiger partial charge in [-0.25, -0.2) is 19.2 Å². The van der Waals surface area contributed by atoms with Gasteiger partial charge < -0.3 is 15.0 Å². The number of amides is 1. The van der Waals surface area contributed by atoms with Crippen LogP contribution in [0.2, 0.25) is 0 Å². The number of carbonyl (C=O) groups excluding carboxylic acids is 1. The molecule has 0 bridgehead atoms. The number of alkyl halides is 1. The molecule has 1 fully saturated rings. The van der Waals surface area contributed by atoms with E-state index >= 15 is 0 Å². The zero-order valence-corrected chi connectivity index (χ0v) is 17.4. The summed E-state index contributed by atoms with van der Waals surface area (Å²) in [6.07, 6.45) is 0.422. The van der Waals surface area contributed by atoms with E-state index in [1.54, 1.807) is 27.1 Å². The molecular formula is C22H26FN5O2. The number of carbonyl (C=O) groups is 1. The zero-order chi connectivity index (χ0) is 21.3. The van der Waals surface area contributed by atoms with E-state index in [2.05, 4.69) is 15.3 Å². The van der Waals surface area contributed by atoms with Crippen LogP contribution in [0.3, 0.4) is 0 Å². The SMILES string of the molecule is CC(C)(C)OC(=O)N1C[C@@H](F)C[C@@H](Nc2cccc(-n3cnc4ccccc43)n2)C1. The second kappa shape index (κ2) is 7.93. The number of nitrogens with zero attached hydrogens (tertiary/aromatic N) is 4. The third kappa shape index (κ3) is 4.53. The number of anilines is 1. The van der Waals surface area contributed by atoms with E-state index in [0.717, 1.165) is 11.0 Å². The largest absolute Gasteiger partial charge is 0.444 e. The fraction of sp³-hybridized carbons (Fsp3) is 0.409. The highest BCUT2D eigenvalue weighted by molar-refractivity contribution is 5.76. The summed E-state index contributed by atoms with van der Waals surface area (Å²) in [5, 5.41) is 3.28. The van der Waals surface area contributed by atoms with Crippen molar-refractivity contribution >= 4 is 22.9 Å². The Morgan fingerprint density at radius 3 is 2.77 bits per heavy atom. The van der Waals surface area contributed by atoms with E-state index in [-0.39, 0.29) is 12.6 Å². The lowest BCUT2D eigenvalue weighted by Gasteiger charge is -2.36. The van der Waals surface area contributed by atoms with E-state index in [9.17, 15) is 9.18 Å². The van der Waals surface area contributed by atoms with Crippen molar-refractivity contribution in [2.45, 2.75) is 45.0 Å². The Kier molecular flexibility index (Phi) is 5.32. The smallest absolute Gasteiger partial charge is 0.410 e. The number of para-hydroxylation sites is 2. The molecule has 0 saturated carbocycles. The Labute approximate surface area is 174 Å². The Hall–Kier alpha value is -3.16. The van der Waals surface area contributed by atoms with Gasteiger partial charge in [0, 0.05) is 19.0 Å². The number of halogens is 1. The van der Waals surface area contributed by atoms with Gasteiger partial charge in [-0.05, 0) is 45.0 Å². The molecular weight excluding hydrogens is 385 g/mol. The van der Waals surface area contributed by atoms with Crippen molar-refractivity contribution in [1.29, 1.82) is 0 Å². The first-order valence-electron chi connectivity index (χ1n) is 10.1. The molecule has 0 radical (unpaired) electrons. The number of imidazole rings is 1. The number of likely N-dealkylation sites (tertiary alicyclic amines) is 1. The Morgan fingerprint density at radius 1 is 1.17 bits per heavy atom. The molecule has 3 aromatic rings. The van der Waals surface area contributed by atoms with Gasteiger partial charge in [0.1, 0.15) is 29.7 Å². The second-order valence-electron chi connectivity index (χ2n) is 8.54. The average Bonchev–Trinajstić information content (AvgIpc) is 3.10. The Morgan fingerprint density at radius 2 is 1.97 bits per heavy atom. The van der Waals surface area contributed by atoms with Crippen LogP contribution >= 0.6 is 0 Å². The molecule has 158 valence electrons. The molecule has 1 aliphatic rings. The topological polar surface area (TPSA) is 72.3 Å². The van der Waals surface area contributed by atoms with Crippen molar-refractivity contribution in [3.05, 3.63) is 48.8 Å². The Balaban J connectivity index is 1.50. The van der Waals surface area contributed by atoms with E-state index < -0.39 is 17.9 Å². The van der Waals surface area contributed by atoms with Crippen molar-refractivity contribution in [3.63, 3.8) is 0 Å². The maximum absolute atomic E-state index is 14.3. The molecule has 3 heterocycles. The summed E-state index contributed by atoms with van der Waals surface area (Å²) in [6.45, 7) is 5.79. The number of nitrogens with one attached hydrogen (secondary N) is 1. The summed E-state index contributed by atoms with van der Waals surface area (Å²) in [4.78, 5) is 22.9. The number of piperidine rings is 1. The molecule has 7 nitrogen and oxygen atoms in total. The summed E-state index contributed by atoms with van der Waals surface area (Å²) in [6, 6.07) is 13.2. The first-order chi connectivity index (χ1) is 14.3. The van der Waals surface area contributed by atoms with Crippen molar-refractivity contribution in [2.24, 2.45) is 0 Å². The van der Waals surface area contributed by atoms with Crippen LogP contribution in [-0.4, -0.2) is 56.4 Å². The van der Waals surface area contributed by atoms with Gasteiger partial charge in [-0.2, -0.15) is 0 Å². The highest BCUT2D eigenvalue weighted by Gasteiger charge is 2.32. The van der Waals surface area contributed by atoms with E-state index in [0.29, 0.717) is 24.6 Å². The molecule has 1 aromatic carbocycles. The van der Waals surface area contributed by atoms with Crippen LogP contribution in [0.15, 0.2) is 48.8 Å². The van der Waals surface area contributed by atoms with Gasteiger partial charge in [0.05, 0.1) is 17.6 Å². The summed E-state index contributed by atoms with van der Waals surface area (Å²) in [7, 11) is 0. The minimum Gasteiger partial charge on any atom is -0.444 e. The summed E-state index contributed by atoms with van der Waals surface area (Å²) in [5.41, 5.74) is 1.23. The minimum absolute atomic E-state index is 0.0432. The average molecular weight is 411 g/mol. The first-order valence-corrected chi connectivity index (χ1v) is 10.1. The van der Waals surface area contributed by atoms with Crippen LogP contribution in [0.5, 0.6) is 0 Å². The van der Waals surface area contributed by atoms with Gasteiger partial charge in [0.2, 0.25) is 0 Å². The van der Waals surface area contributed by atoms with Gasteiger partial charge in [0.25, 0.3) is 0 Å². The van der Waals surface area contributed by atoms with Crippen LogP contribution in [0, 0.1) is 0 Å². The third-order valence-electron chi connectivity index (χ3n) is 4.84. The quantitative estimate of drug-likeness (QED) is 0.700. The number of rotatable bonds is 3. The van der Waals surface area contributed by atoms with E-state index in [4.69, 9.17) is 4.74 Å². The standard InChI is InChI=1S/C22H26FN5O2/c1-22(2,3)30-21(29)27-12-15(23)11-16(13-27)25-19-9-6-10-20(26-19)28-14-24-17-7-4-5-8-18(17)28/h4-10,14-16H,11-13H2,1-3H3,(H,25,26)/t15-,16+/m0/s1. The lowest BCUT2D eigenvalue weighted by Crippen LogP contribution is -2.51. The molecule has 4 rings (SSSR count). The maximum atomic E-state index is 14.3. The molecule has 2 atom stereocenters. The van der Waals surface area contributed by atoms with Gasteiger partial charge in [-0.3, -0.25) is 4.57 Å². The molecule has 1 N–H and O–H groups in total.